The van der Waals surface area contributed by atoms with Gasteiger partial charge in [-0.15, -0.1) is 10.2 Å². The lowest BCUT2D eigenvalue weighted by molar-refractivity contribution is -0.149. The second-order valence-corrected chi connectivity index (χ2v) is 6.16. The van der Waals surface area contributed by atoms with Gasteiger partial charge >= 0.3 is 18.0 Å². The van der Waals surface area contributed by atoms with Gasteiger partial charge in [0, 0.05) is 13.1 Å². The monoisotopic (exact) mass is 407 g/mol. The second-order valence-electron chi connectivity index (χ2n) is 5.37. The zero-order valence-electron chi connectivity index (χ0n) is 12.8. The first-order valence-electron chi connectivity index (χ1n) is 7.22. The van der Waals surface area contributed by atoms with E-state index in [-0.39, 0.29) is 41.2 Å². The lowest BCUT2D eigenvalue weighted by Crippen LogP contribution is -2.44. The summed E-state index contributed by atoms with van der Waals surface area (Å²) < 4.78 is 39.3. The highest BCUT2D eigenvalue weighted by Crippen LogP contribution is 2.30. The Balaban J connectivity index is 1.72. The molecule has 26 heavy (non-hydrogen) atoms. The molecule has 1 aromatic heterocycles. The molecule has 0 atom stereocenters. The molecule has 1 N–H and O–H groups in total. The Hall–Kier alpha value is -2.33. The van der Waals surface area contributed by atoms with Crippen LogP contribution in [0.25, 0.3) is 0 Å². The molecule has 2 amide bonds. The topological polar surface area (TPSA) is 80.1 Å². The lowest BCUT2D eigenvalue weighted by atomic mass is 10.3. The fourth-order valence-electron chi connectivity index (χ4n) is 2.46. The first kappa shape index (κ1) is 18.5. The number of hydrogen-bond acceptors (Lipinski definition) is 4. The number of carbonyl (C=O) groups excluding carboxylic acids is 2. The Morgan fingerprint density at radius 1 is 1.15 bits per heavy atom. The predicted octanol–water partition coefficient (Wildman–Crippen LogP) is 2.58. The van der Waals surface area contributed by atoms with Gasteiger partial charge in [0.2, 0.25) is 5.82 Å². The van der Waals surface area contributed by atoms with Crippen molar-refractivity contribution in [1.29, 1.82) is 0 Å². The summed E-state index contributed by atoms with van der Waals surface area (Å²) in [5, 5.41) is 9.17. The standard InChI is InChI=1S/C14H10Cl2F3N5O2/c15-7-2-1-3-8(10(7)16)20-11(25)12(26)23-4-5-24-9(6-23)21-22-13(24)14(17,18)19/h1-3H,4-6H2,(H,20,25). The largest absolute Gasteiger partial charge is 0.451 e. The van der Waals surface area contributed by atoms with Crippen LogP contribution < -0.4 is 5.32 Å². The van der Waals surface area contributed by atoms with Crippen molar-refractivity contribution in [2.45, 2.75) is 19.3 Å². The fraction of sp³-hybridized carbons (Fsp3) is 0.286. The molecule has 0 spiro atoms. The zero-order valence-corrected chi connectivity index (χ0v) is 14.4. The maximum absolute atomic E-state index is 12.8. The van der Waals surface area contributed by atoms with Crippen molar-refractivity contribution in [1.82, 2.24) is 19.7 Å². The maximum atomic E-state index is 12.8. The van der Waals surface area contributed by atoms with Gasteiger partial charge in [-0.1, -0.05) is 29.3 Å². The third kappa shape index (κ3) is 3.47. The van der Waals surface area contributed by atoms with Gasteiger partial charge in [-0.05, 0) is 12.1 Å². The highest BCUT2D eigenvalue weighted by atomic mass is 35.5. The van der Waals surface area contributed by atoms with Crippen LogP contribution >= 0.6 is 23.2 Å². The number of carbonyl (C=O) groups is 2. The summed E-state index contributed by atoms with van der Waals surface area (Å²) in [5.41, 5.74) is 0.150. The summed E-state index contributed by atoms with van der Waals surface area (Å²) >= 11 is 11.8. The van der Waals surface area contributed by atoms with E-state index in [0.29, 0.717) is 0 Å². The smallest absolute Gasteiger partial charge is 0.325 e. The van der Waals surface area contributed by atoms with Crippen molar-refractivity contribution in [2.24, 2.45) is 0 Å². The molecule has 0 aliphatic carbocycles. The third-order valence-electron chi connectivity index (χ3n) is 3.69. The van der Waals surface area contributed by atoms with E-state index in [4.69, 9.17) is 23.2 Å². The molecule has 0 saturated carbocycles. The van der Waals surface area contributed by atoms with Gasteiger partial charge in [0.15, 0.2) is 5.82 Å². The van der Waals surface area contributed by atoms with Crippen molar-refractivity contribution in [2.75, 3.05) is 11.9 Å². The number of benzene rings is 1. The van der Waals surface area contributed by atoms with Gasteiger partial charge in [0.25, 0.3) is 0 Å². The van der Waals surface area contributed by atoms with Crippen LogP contribution in [0.5, 0.6) is 0 Å². The van der Waals surface area contributed by atoms with Gasteiger partial charge in [-0.2, -0.15) is 13.2 Å². The Labute approximate surface area is 154 Å². The number of hydrogen-bond donors (Lipinski definition) is 1. The highest BCUT2D eigenvalue weighted by Gasteiger charge is 2.40. The van der Waals surface area contributed by atoms with Gasteiger partial charge in [0.1, 0.15) is 0 Å². The number of anilines is 1. The summed E-state index contributed by atoms with van der Waals surface area (Å²) in [5.74, 6) is -3.10. The molecular weight excluding hydrogens is 398 g/mol. The number of amides is 2. The van der Waals surface area contributed by atoms with E-state index in [2.05, 4.69) is 15.5 Å². The Morgan fingerprint density at radius 2 is 1.88 bits per heavy atom. The molecule has 0 saturated heterocycles. The maximum Gasteiger partial charge on any atom is 0.451 e. The molecule has 0 bridgehead atoms. The first-order valence-corrected chi connectivity index (χ1v) is 7.97. The second kappa shape index (κ2) is 6.76. The van der Waals surface area contributed by atoms with Crippen molar-refractivity contribution in [3.05, 3.63) is 39.9 Å². The molecule has 0 unspecified atom stereocenters. The molecule has 0 fully saturated rings. The number of aromatic nitrogens is 3. The summed E-state index contributed by atoms with van der Waals surface area (Å²) in [4.78, 5) is 25.5. The van der Waals surface area contributed by atoms with E-state index >= 15 is 0 Å². The summed E-state index contributed by atoms with van der Waals surface area (Å²) in [6, 6.07) is 4.51. The Bertz CT molecular complexity index is 884. The van der Waals surface area contributed by atoms with E-state index < -0.39 is 23.8 Å². The van der Waals surface area contributed by atoms with Crippen LogP contribution in [-0.4, -0.2) is 38.0 Å². The van der Waals surface area contributed by atoms with Crippen LogP contribution in [-0.2, 0) is 28.9 Å². The van der Waals surface area contributed by atoms with Crippen LogP contribution in [0.4, 0.5) is 18.9 Å². The fourth-order valence-corrected chi connectivity index (χ4v) is 2.81. The van der Waals surface area contributed by atoms with Crippen LogP contribution in [0.2, 0.25) is 10.0 Å². The number of fused-ring (bicyclic) bond motifs is 1. The molecular formula is C14H10Cl2F3N5O2. The highest BCUT2D eigenvalue weighted by molar-refractivity contribution is 6.45. The molecule has 7 nitrogen and oxygen atoms in total. The number of nitrogens with one attached hydrogen (secondary N) is 1. The van der Waals surface area contributed by atoms with Crippen LogP contribution in [0, 0.1) is 0 Å². The van der Waals surface area contributed by atoms with Crippen molar-refractivity contribution in [3.8, 4) is 0 Å². The minimum atomic E-state index is -4.64. The van der Waals surface area contributed by atoms with Crippen LogP contribution in [0.1, 0.15) is 11.6 Å². The molecule has 0 radical (unpaired) electrons. The average molecular weight is 408 g/mol. The molecule has 12 heteroatoms. The van der Waals surface area contributed by atoms with Crippen LogP contribution in [0.3, 0.4) is 0 Å². The quantitative estimate of drug-likeness (QED) is 0.736. The third-order valence-corrected chi connectivity index (χ3v) is 4.51. The van der Waals surface area contributed by atoms with Crippen LogP contribution in [0.15, 0.2) is 18.2 Å². The average Bonchev–Trinajstić information content (AvgIpc) is 3.01. The Morgan fingerprint density at radius 3 is 2.58 bits per heavy atom. The van der Waals surface area contributed by atoms with E-state index in [1.807, 2.05) is 0 Å². The molecule has 138 valence electrons. The summed E-state index contributed by atoms with van der Waals surface area (Å²) in [7, 11) is 0. The summed E-state index contributed by atoms with van der Waals surface area (Å²) in [6.07, 6.45) is -4.64. The Kier molecular flexibility index (Phi) is 4.80. The van der Waals surface area contributed by atoms with Crippen molar-refractivity contribution in [3.63, 3.8) is 0 Å². The van der Waals surface area contributed by atoms with E-state index in [1.165, 1.54) is 18.2 Å². The number of rotatable bonds is 1. The molecule has 2 heterocycles. The van der Waals surface area contributed by atoms with Gasteiger partial charge in [-0.25, -0.2) is 0 Å². The molecule has 1 aliphatic heterocycles. The molecule has 2 aromatic rings. The van der Waals surface area contributed by atoms with Gasteiger partial charge < -0.3 is 14.8 Å². The first-order chi connectivity index (χ1) is 12.2. The van der Waals surface area contributed by atoms with E-state index in [1.54, 1.807) is 0 Å². The minimum Gasteiger partial charge on any atom is -0.325 e. The lowest BCUT2D eigenvalue weighted by Gasteiger charge is -2.27. The molecule has 3 rings (SSSR count). The predicted molar refractivity (Wildman–Crippen MR) is 85.5 cm³/mol. The SMILES string of the molecule is O=C(Nc1cccc(Cl)c1Cl)C(=O)N1CCn2c(nnc2C(F)(F)F)C1. The normalized spacial score (nSPS) is 14.1. The van der Waals surface area contributed by atoms with E-state index in [9.17, 15) is 22.8 Å². The van der Waals surface area contributed by atoms with Crippen molar-refractivity contribution < 1.29 is 22.8 Å². The van der Waals surface area contributed by atoms with Crippen molar-refractivity contribution >= 4 is 40.7 Å². The minimum absolute atomic E-state index is 0.0505. The number of alkyl halides is 3. The van der Waals surface area contributed by atoms with E-state index in [0.717, 1.165) is 9.47 Å². The molecule has 1 aliphatic rings. The van der Waals surface area contributed by atoms with Gasteiger partial charge in [0.05, 0.1) is 22.3 Å². The number of halogens is 5. The number of nitrogens with zero attached hydrogens (tertiary/aromatic N) is 4. The zero-order chi connectivity index (χ0) is 19.1. The summed E-state index contributed by atoms with van der Waals surface area (Å²) in [6.45, 7) is -0.531. The van der Waals surface area contributed by atoms with Gasteiger partial charge in [-0.3, -0.25) is 9.59 Å². The molecule has 1 aromatic carbocycles.